The Kier molecular flexibility index (Phi) is 6.40. The number of likely N-dealkylation sites (N-methyl/N-ethyl adjacent to an activating group) is 2. The van der Waals surface area contributed by atoms with Gasteiger partial charge in [0.25, 0.3) is 0 Å². The lowest BCUT2D eigenvalue weighted by atomic mass is 10.2. The van der Waals surface area contributed by atoms with Crippen molar-refractivity contribution in [3.63, 3.8) is 0 Å². The molecule has 1 fully saturated rings. The number of ether oxygens (including phenoxy) is 1. The fraction of sp³-hybridized carbons (Fsp3) is 0.909. The zero-order valence-electron chi connectivity index (χ0n) is 10.8. The number of nitrogens with zero attached hydrogens (tertiary/aromatic N) is 2. The van der Waals surface area contributed by atoms with Gasteiger partial charge in [-0.3, -0.25) is 9.69 Å². The van der Waals surface area contributed by atoms with Crippen molar-refractivity contribution in [2.24, 2.45) is 0 Å². The van der Waals surface area contributed by atoms with Crippen LogP contribution in [0.25, 0.3) is 0 Å². The highest BCUT2D eigenvalue weighted by Gasteiger charge is 2.22. The first-order valence-electron chi connectivity index (χ1n) is 5.86. The first-order valence-corrected chi connectivity index (χ1v) is 6.77. The SMILES string of the molecule is COC(=O)C(Br)CNCC1CN(C)CCN1C. The number of rotatable bonds is 5. The summed E-state index contributed by atoms with van der Waals surface area (Å²) in [6.45, 7) is 4.77. The number of carbonyl (C=O) groups is 1. The van der Waals surface area contributed by atoms with Crippen molar-refractivity contribution in [1.82, 2.24) is 15.1 Å². The fourth-order valence-corrected chi connectivity index (χ4v) is 2.33. The summed E-state index contributed by atoms with van der Waals surface area (Å²) in [5.74, 6) is -0.230. The molecule has 1 rings (SSSR count). The monoisotopic (exact) mass is 307 g/mol. The highest BCUT2D eigenvalue weighted by Crippen LogP contribution is 2.05. The Morgan fingerprint density at radius 1 is 1.53 bits per heavy atom. The molecule has 0 aromatic rings. The molecular formula is C11H22BrN3O2. The quantitative estimate of drug-likeness (QED) is 0.561. The van der Waals surface area contributed by atoms with Crippen molar-refractivity contribution in [1.29, 1.82) is 0 Å². The van der Waals surface area contributed by atoms with Gasteiger partial charge in [0.1, 0.15) is 4.83 Å². The van der Waals surface area contributed by atoms with Crippen LogP contribution in [0.15, 0.2) is 0 Å². The molecule has 100 valence electrons. The molecule has 2 unspecified atom stereocenters. The van der Waals surface area contributed by atoms with Crippen LogP contribution >= 0.6 is 15.9 Å². The Balaban J connectivity index is 2.23. The van der Waals surface area contributed by atoms with E-state index in [0.29, 0.717) is 12.6 Å². The zero-order valence-corrected chi connectivity index (χ0v) is 12.4. The summed E-state index contributed by atoms with van der Waals surface area (Å²) in [5, 5.41) is 3.31. The van der Waals surface area contributed by atoms with Gasteiger partial charge in [0.2, 0.25) is 0 Å². The summed E-state index contributed by atoms with van der Waals surface area (Å²) in [4.78, 5) is 15.6. The van der Waals surface area contributed by atoms with Gasteiger partial charge in [0.15, 0.2) is 0 Å². The Labute approximate surface area is 112 Å². The summed E-state index contributed by atoms with van der Waals surface area (Å²) in [6.07, 6.45) is 0. The van der Waals surface area contributed by atoms with E-state index in [9.17, 15) is 4.79 Å². The third-order valence-electron chi connectivity index (χ3n) is 3.14. The third-order valence-corrected chi connectivity index (χ3v) is 3.84. The lowest BCUT2D eigenvalue weighted by Gasteiger charge is -2.37. The van der Waals surface area contributed by atoms with Crippen LogP contribution in [-0.4, -0.2) is 80.6 Å². The fourth-order valence-electron chi connectivity index (χ4n) is 1.91. The van der Waals surface area contributed by atoms with Crippen LogP contribution in [0.1, 0.15) is 0 Å². The minimum Gasteiger partial charge on any atom is -0.468 e. The van der Waals surface area contributed by atoms with Crippen LogP contribution < -0.4 is 5.32 Å². The van der Waals surface area contributed by atoms with Crippen molar-refractivity contribution in [2.45, 2.75) is 10.9 Å². The smallest absolute Gasteiger partial charge is 0.320 e. The molecule has 0 radical (unpaired) electrons. The molecule has 0 spiro atoms. The van der Waals surface area contributed by atoms with Gasteiger partial charge in [0, 0.05) is 38.8 Å². The molecule has 1 saturated heterocycles. The second-order valence-electron chi connectivity index (χ2n) is 4.55. The third kappa shape index (κ3) is 4.91. The van der Waals surface area contributed by atoms with Crippen LogP contribution in [0, 0.1) is 0 Å². The van der Waals surface area contributed by atoms with Gasteiger partial charge in [-0.05, 0) is 14.1 Å². The van der Waals surface area contributed by atoms with Gasteiger partial charge in [-0.15, -0.1) is 0 Å². The Bertz CT molecular complexity index is 253. The number of esters is 1. The molecule has 5 nitrogen and oxygen atoms in total. The van der Waals surface area contributed by atoms with Crippen molar-refractivity contribution < 1.29 is 9.53 Å². The van der Waals surface area contributed by atoms with Gasteiger partial charge in [-0.25, -0.2) is 0 Å². The second-order valence-corrected chi connectivity index (χ2v) is 5.65. The van der Waals surface area contributed by atoms with E-state index in [4.69, 9.17) is 0 Å². The number of carbonyl (C=O) groups excluding carboxylic acids is 1. The van der Waals surface area contributed by atoms with Gasteiger partial charge in [-0.2, -0.15) is 0 Å². The number of hydrogen-bond donors (Lipinski definition) is 1. The Hall–Kier alpha value is -0.170. The minimum absolute atomic E-state index is 0.230. The van der Waals surface area contributed by atoms with Gasteiger partial charge in [0.05, 0.1) is 7.11 Å². The zero-order chi connectivity index (χ0) is 12.8. The number of piperazine rings is 1. The van der Waals surface area contributed by atoms with E-state index in [1.54, 1.807) is 0 Å². The minimum atomic E-state index is -0.265. The van der Waals surface area contributed by atoms with Crippen LogP contribution in [0.2, 0.25) is 0 Å². The number of alkyl halides is 1. The molecule has 1 aliphatic heterocycles. The molecule has 0 aromatic carbocycles. The topological polar surface area (TPSA) is 44.8 Å². The number of methoxy groups -OCH3 is 1. The van der Waals surface area contributed by atoms with Crippen molar-refractivity contribution in [3.05, 3.63) is 0 Å². The maximum absolute atomic E-state index is 11.2. The number of hydrogen-bond acceptors (Lipinski definition) is 5. The predicted octanol–water partition coefficient (Wildman–Crippen LogP) is -0.242. The van der Waals surface area contributed by atoms with Crippen LogP contribution in [0.4, 0.5) is 0 Å². The molecule has 1 aliphatic rings. The van der Waals surface area contributed by atoms with Crippen LogP contribution in [-0.2, 0) is 9.53 Å². The first kappa shape index (κ1) is 14.9. The highest BCUT2D eigenvalue weighted by molar-refractivity contribution is 9.10. The van der Waals surface area contributed by atoms with E-state index in [1.807, 2.05) is 0 Å². The maximum atomic E-state index is 11.2. The van der Waals surface area contributed by atoms with E-state index in [2.05, 4.69) is 49.9 Å². The second kappa shape index (κ2) is 7.31. The summed E-state index contributed by atoms with van der Waals surface area (Å²) in [7, 11) is 5.69. The van der Waals surface area contributed by atoms with Gasteiger partial charge < -0.3 is 15.0 Å². The van der Waals surface area contributed by atoms with Crippen molar-refractivity contribution >= 4 is 21.9 Å². The molecule has 17 heavy (non-hydrogen) atoms. The van der Waals surface area contributed by atoms with Gasteiger partial charge >= 0.3 is 5.97 Å². The molecule has 2 atom stereocenters. The molecule has 0 aliphatic carbocycles. The standard InChI is InChI=1S/C11H22BrN3O2/c1-14-4-5-15(2)9(8-14)6-13-7-10(12)11(16)17-3/h9-10,13H,4-8H2,1-3H3. The van der Waals surface area contributed by atoms with E-state index < -0.39 is 0 Å². The maximum Gasteiger partial charge on any atom is 0.320 e. The predicted molar refractivity (Wildman–Crippen MR) is 71.5 cm³/mol. The average molecular weight is 308 g/mol. The van der Waals surface area contributed by atoms with E-state index >= 15 is 0 Å². The van der Waals surface area contributed by atoms with Crippen LogP contribution in [0.3, 0.4) is 0 Å². The highest BCUT2D eigenvalue weighted by atomic mass is 79.9. The number of halogens is 1. The molecule has 0 amide bonds. The molecule has 1 heterocycles. The summed E-state index contributed by atoms with van der Waals surface area (Å²) in [5.41, 5.74) is 0. The lowest BCUT2D eigenvalue weighted by Crippen LogP contribution is -2.54. The van der Waals surface area contributed by atoms with E-state index in [1.165, 1.54) is 7.11 Å². The van der Waals surface area contributed by atoms with Gasteiger partial charge in [-0.1, -0.05) is 15.9 Å². The molecule has 0 bridgehead atoms. The van der Waals surface area contributed by atoms with Crippen molar-refractivity contribution in [2.75, 3.05) is 53.9 Å². The molecule has 1 N–H and O–H groups in total. The largest absolute Gasteiger partial charge is 0.468 e. The van der Waals surface area contributed by atoms with E-state index in [-0.39, 0.29) is 10.8 Å². The van der Waals surface area contributed by atoms with Crippen molar-refractivity contribution in [3.8, 4) is 0 Å². The van der Waals surface area contributed by atoms with Crippen LogP contribution in [0.5, 0.6) is 0 Å². The Morgan fingerprint density at radius 3 is 2.88 bits per heavy atom. The Morgan fingerprint density at radius 2 is 2.24 bits per heavy atom. The first-order chi connectivity index (χ1) is 8.04. The molecule has 0 aromatic heterocycles. The lowest BCUT2D eigenvalue weighted by molar-refractivity contribution is -0.139. The molecule has 0 saturated carbocycles. The summed E-state index contributed by atoms with van der Waals surface area (Å²) >= 11 is 3.29. The average Bonchev–Trinajstić information content (AvgIpc) is 2.32. The molecule has 6 heteroatoms. The summed E-state index contributed by atoms with van der Waals surface area (Å²) < 4.78 is 4.65. The normalized spacial score (nSPS) is 24.6. The summed E-state index contributed by atoms with van der Waals surface area (Å²) in [6, 6.07) is 0.506. The van der Waals surface area contributed by atoms with E-state index in [0.717, 1.165) is 26.2 Å². The number of nitrogens with one attached hydrogen (secondary N) is 1. The molecular weight excluding hydrogens is 286 g/mol.